The van der Waals surface area contributed by atoms with E-state index in [4.69, 9.17) is 21.1 Å². The van der Waals surface area contributed by atoms with Crippen LogP contribution in [0.3, 0.4) is 0 Å². The third-order valence-corrected chi connectivity index (χ3v) is 10.8. The van der Waals surface area contributed by atoms with Gasteiger partial charge in [-0.15, -0.1) is 0 Å². The Morgan fingerprint density at radius 2 is 1.70 bits per heavy atom. The minimum atomic E-state index is -0.195. The molecule has 2 aliphatic carbocycles. The number of ketones is 1. The van der Waals surface area contributed by atoms with Crippen molar-refractivity contribution in [3.63, 3.8) is 0 Å². The van der Waals surface area contributed by atoms with Crippen LogP contribution in [0, 0.1) is 13.8 Å². The van der Waals surface area contributed by atoms with Crippen molar-refractivity contribution in [1.82, 2.24) is 0 Å². The average molecular weight is 640 g/mol. The number of carbonyl (C=O) groups excluding carboxylic acids is 1. The van der Waals surface area contributed by atoms with Crippen molar-refractivity contribution in [3.05, 3.63) is 109 Å². The molecule has 3 aliphatic rings. The van der Waals surface area contributed by atoms with Crippen molar-refractivity contribution in [2.75, 3.05) is 25.3 Å². The Morgan fingerprint density at radius 1 is 0.957 bits per heavy atom. The van der Waals surface area contributed by atoms with Gasteiger partial charge in [0.25, 0.3) is 0 Å². The molecule has 1 aliphatic heterocycles. The fraction of sp³-hybridized carbons (Fsp3) is 0.439. The number of rotatable bonds is 9. The summed E-state index contributed by atoms with van der Waals surface area (Å²) in [6.07, 6.45) is 13.0. The normalized spacial score (nSPS) is 20.4. The third-order valence-electron chi connectivity index (χ3n) is 10.3. The molecule has 0 unspecified atom stereocenters. The molecule has 244 valence electrons. The zero-order chi connectivity index (χ0) is 33.6. The van der Waals surface area contributed by atoms with Crippen LogP contribution in [0.2, 0.25) is 0 Å². The second-order valence-corrected chi connectivity index (χ2v) is 14.3. The molecule has 0 bridgehead atoms. The van der Waals surface area contributed by atoms with Gasteiger partial charge >= 0.3 is 0 Å². The zero-order valence-electron chi connectivity index (χ0n) is 29.4. The number of fused-ring (bicyclic) bond motifs is 2. The van der Waals surface area contributed by atoms with Gasteiger partial charge < -0.3 is 14.4 Å². The SMILES string of the molecule is CCC1=C(/C=C/C2=C(Cl)C(=C/C=C3\N(CC)c4cc(C)c(OCOC)cc4C3(C)C)/CCC2)C(C)(C)c2cc(C(C)=O)c(C)cc21. The fourth-order valence-corrected chi connectivity index (χ4v) is 8.02. The molecule has 0 atom stereocenters. The van der Waals surface area contributed by atoms with E-state index in [1.807, 2.05) is 6.92 Å². The minimum Gasteiger partial charge on any atom is -0.467 e. The maximum Gasteiger partial charge on any atom is 0.188 e. The molecule has 5 heteroatoms. The van der Waals surface area contributed by atoms with Gasteiger partial charge in [0.15, 0.2) is 12.6 Å². The molecule has 46 heavy (non-hydrogen) atoms. The van der Waals surface area contributed by atoms with E-state index >= 15 is 0 Å². The highest BCUT2D eigenvalue weighted by Gasteiger charge is 2.40. The van der Waals surface area contributed by atoms with E-state index in [0.717, 1.165) is 59.7 Å². The second kappa shape index (κ2) is 13.0. The largest absolute Gasteiger partial charge is 0.467 e. The van der Waals surface area contributed by atoms with Gasteiger partial charge in [-0.2, -0.15) is 0 Å². The molecule has 4 nitrogen and oxygen atoms in total. The van der Waals surface area contributed by atoms with E-state index in [1.165, 1.54) is 50.4 Å². The van der Waals surface area contributed by atoms with Gasteiger partial charge in [0.05, 0.1) is 0 Å². The number of methoxy groups -OCH3 is 1. The highest BCUT2D eigenvalue weighted by atomic mass is 35.5. The summed E-state index contributed by atoms with van der Waals surface area (Å²) in [4.78, 5) is 14.8. The molecule has 0 amide bonds. The van der Waals surface area contributed by atoms with Gasteiger partial charge in [-0.25, -0.2) is 0 Å². The molecule has 0 radical (unpaired) electrons. The van der Waals surface area contributed by atoms with Crippen molar-refractivity contribution in [1.29, 1.82) is 0 Å². The number of aryl methyl sites for hydroxylation is 2. The van der Waals surface area contributed by atoms with Crippen LogP contribution >= 0.6 is 11.6 Å². The first-order chi connectivity index (χ1) is 21.8. The number of halogens is 1. The zero-order valence-corrected chi connectivity index (χ0v) is 30.2. The van der Waals surface area contributed by atoms with E-state index in [0.29, 0.717) is 0 Å². The smallest absolute Gasteiger partial charge is 0.188 e. The maximum atomic E-state index is 12.4. The maximum absolute atomic E-state index is 12.4. The number of hydrogen-bond acceptors (Lipinski definition) is 4. The number of nitrogens with zero attached hydrogens (tertiary/aromatic N) is 1. The molecule has 0 aromatic heterocycles. The first kappa shape index (κ1) is 34.0. The summed E-state index contributed by atoms with van der Waals surface area (Å²) in [5, 5.41) is 0.864. The van der Waals surface area contributed by atoms with E-state index in [2.05, 4.69) is 102 Å². The van der Waals surface area contributed by atoms with Crippen LogP contribution in [-0.2, 0) is 15.6 Å². The van der Waals surface area contributed by atoms with Gasteiger partial charge in [0.1, 0.15) is 5.75 Å². The first-order valence-electron chi connectivity index (χ1n) is 16.7. The summed E-state index contributed by atoms with van der Waals surface area (Å²) < 4.78 is 11.1. The van der Waals surface area contributed by atoms with Gasteiger partial charge in [0, 0.05) is 46.5 Å². The molecule has 0 saturated heterocycles. The van der Waals surface area contributed by atoms with Gasteiger partial charge in [-0.1, -0.05) is 70.5 Å². The van der Waals surface area contributed by atoms with Crippen molar-refractivity contribution in [3.8, 4) is 5.75 Å². The lowest BCUT2D eigenvalue weighted by Gasteiger charge is -2.26. The number of allylic oxidation sites excluding steroid dienone is 10. The number of carbonyl (C=O) groups is 1. The lowest BCUT2D eigenvalue weighted by molar-refractivity contribution is 0.0505. The summed E-state index contributed by atoms with van der Waals surface area (Å²) in [6, 6.07) is 8.76. The summed E-state index contributed by atoms with van der Waals surface area (Å²) in [6.45, 7) is 20.5. The third kappa shape index (κ3) is 5.84. The number of likely N-dealkylation sites (N-methyl/N-ethyl adjacent to an activating group) is 1. The molecule has 2 aromatic rings. The monoisotopic (exact) mass is 639 g/mol. The topological polar surface area (TPSA) is 38.8 Å². The Bertz CT molecular complexity index is 1730. The highest BCUT2D eigenvalue weighted by Crippen LogP contribution is 2.51. The van der Waals surface area contributed by atoms with E-state index in [1.54, 1.807) is 14.0 Å². The molecular weight excluding hydrogens is 590 g/mol. The number of hydrogen-bond donors (Lipinski definition) is 0. The standard InChI is InChI=1S/C41H50ClNO3/c1-11-30-32-20-25(3)31(27(5)44)22-34(32)40(6,7)33(30)18-16-28-14-13-15-29(39(28)42)17-19-38-41(8,9)35-23-37(46-24-45-10)26(4)21-36(35)43(38)12-2/h16-23H,11-15,24H2,1-10H3/b18-16+,29-17+,38-19-. The van der Waals surface area contributed by atoms with Crippen LogP contribution in [0.25, 0.3) is 5.57 Å². The Kier molecular flexibility index (Phi) is 9.64. The molecule has 0 saturated carbocycles. The van der Waals surface area contributed by atoms with Gasteiger partial charge in [-0.05, 0) is 128 Å². The predicted molar refractivity (Wildman–Crippen MR) is 193 cm³/mol. The van der Waals surface area contributed by atoms with Crippen LogP contribution in [0.4, 0.5) is 5.69 Å². The molecular formula is C41H50ClNO3. The van der Waals surface area contributed by atoms with Crippen molar-refractivity contribution >= 4 is 28.6 Å². The van der Waals surface area contributed by atoms with Crippen LogP contribution in [-0.4, -0.2) is 26.2 Å². The first-order valence-corrected chi connectivity index (χ1v) is 17.1. The van der Waals surface area contributed by atoms with Gasteiger partial charge in [-0.3, -0.25) is 4.79 Å². The summed E-state index contributed by atoms with van der Waals surface area (Å²) in [5.74, 6) is 0.984. The average Bonchev–Trinajstić information content (AvgIpc) is 3.34. The number of anilines is 1. The summed E-state index contributed by atoms with van der Waals surface area (Å²) >= 11 is 7.18. The summed E-state index contributed by atoms with van der Waals surface area (Å²) in [5.41, 5.74) is 13.9. The molecule has 2 aromatic carbocycles. The van der Waals surface area contributed by atoms with Crippen LogP contribution in [0.1, 0.15) is 112 Å². The Hall–Kier alpha value is -3.34. The minimum absolute atomic E-state index is 0.120. The number of benzene rings is 2. The van der Waals surface area contributed by atoms with Crippen LogP contribution in [0.5, 0.6) is 5.75 Å². The lowest BCUT2D eigenvalue weighted by atomic mass is 9.79. The molecule has 0 spiro atoms. The summed E-state index contributed by atoms with van der Waals surface area (Å²) in [7, 11) is 1.65. The van der Waals surface area contributed by atoms with Crippen LogP contribution < -0.4 is 9.64 Å². The van der Waals surface area contributed by atoms with Gasteiger partial charge in [0.2, 0.25) is 0 Å². The number of Topliss-reactive ketones (excluding diaryl/α,β-unsaturated/α-hetero) is 1. The molecule has 0 N–H and O–H groups in total. The van der Waals surface area contributed by atoms with Crippen LogP contribution in [0.15, 0.2) is 76.0 Å². The van der Waals surface area contributed by atoms with Crippen molar-refractivity contribution in [2.24, 2.45) is 0 Å². The van der Waals surface area contributed by atoms with E-state index in [9.17, 15) is 4.79 Å². The Labute approximate surface area is 281 Å². The Balaban J connectivity index is 1.49. The highest BCUT2D eigenvalue weighted by molar-refractivity contribution is 6.32. The second-order valence-electron chi connectivity index (χ2n) is 14.0. The fourth-order valence-electron chi connectivity index (χ4n) is 7.70. The van der Waals surface area contributed by atoms with E-state index < -0.39 is 0 Å². The lowest BCUT2D eigenvalue weighted by Crippen LogP contribution is -2.25. The van der Waals surface area contributed by atoms with E-state index in [-0.39, 0.29) is 23.4 Å². The molecule has 5 rings (SSSR count). The quantitative estimate of drug-likeness (QED) is 0.202. The van der Waals surface area contributed by atoms with Crippen molar-refractivity contribution in [2.45, 2.75) is 98.8 Å². The molecule has 1 heterocycles. The van der Waals surface area contributed by atoms with Crippen molar-refractivity contribution < 1.29 is 14.3 Å². The Morgan fingerprint density at radius 3 is 2.35 bits per heavy atom. The molecule has 0 fully saturated rings. The number of ether oxygens (including phenoxy) is 2. The predicted octanol–water partition coefficient (Wildman–Crippen LogP) is 10.8.